The van der Waals surface area contributed by atoms with Crippen molar-refractivity contribution in [2.24, 2.45) is 0 Å². The van der Waals surface area contributed by atoms with Crippen LogP contribution in [0.15, 0.2) is 58.4 Å². The quantitative estimate of drug-likeness (QED) is 0.683. The molecular formula is C17H13BrNO2S-. The standard InChI is InChI=1S/C17H14BrNO2S/c18-12-3-5-13(6-4-12)19-14(8-10-17(20)21)7-9-15(19)16-2-1-11-22-16/h1-7,9,11H,8,10H2,(H,20,21)/p-1. The maximum Gasteiger partial charge on any atom is 0.0631 e. The van der Waals surface area contributed by atoms with Gasteiger partial charge in [-0.05, 0) is 60.7 Å². The van der Waals surface area contributed by atoms with E-state index in [-0.39, 0.29) is 6.42 Å². The summed E-state index contributed by atoms with van der Waals surface area (Å²) in [5, 5.41) is 12.8. The minimum Gasteiger partial charge on any atom is -0.550 e. The number of carboxylic acid groups (broad SMARTS) is 1. The van der Waals surface area contributed by atoms with Crippen LogP contribution in [0.25, 0.3) is 16.3 Å². The molecule has 2 heterocycles. The molecule has 112 valence electrons. The van der Waals surface area contributed by atoms with Crippen LogP contribution in [-0.2, 0) is 11.2 Å². The van der Waals surface area contributed by atoms with Crippen molar-refractivity contribution in [2.75, 3.05) is 0 Å². The van der Waals surface area contributed by atoms with Gasteiger partial charge in [0.2, 0.25) is 0 Å². The molecule has 0 atom stereocenters. The van der Waals surface area contributed by atoms with E-state index >= 15 is 0 Å². The molecule has 0 fully saturated rings. The Morgan fingerprint density at radius 2 is 1.91 bits per heavy atom. The average Bonchev–Trinajstić information content (AvgIpc) is 3.15. The molecule has 0 radical (unpaired) electrons. The number of carbonyl (C=O) groups excluding carboxylic acids is 1. The van der Waals surface area contributed by atoms with Crippen molar-refractivity contribution in [3.8, 4) is 16.3 Å². The second-order valence-corrected chi connectivity index (χ2v) is 6.73. The molecule has 0 amide bonds. The van der Waals surface area contributed by atoms with Gasteiger partial charge in [0, 0.05) is 21.8 Å². The van der Waals surface area contributed by atoms with Crippen LogP contribution < -0.4 is 5.11 Å². The molecule has 2 aromatic heterocycles. The molecule has 0 saturated heterocycles. The van der Waals surface area contributed by atoms with Crippen LogP contribution in [-0.4, -0.2) is 10.5 Å². The number of rotatable bonds is 5. The maximum atomic E-state index is 10.8. The third-order valence-corrected chi connectivity index (χ3v) is 4.83. The normalized spacial score (nSPS) is 10.8. The van der Waals surface area contributed by atoms with Crippen LogP contribution in [0.2, 0.25) is 0 Å². The van der Waals surface area contributed by atoms with Gasteiger partial charge in [-0.3, -0.25) is 0 Å². The molecule has 3 rings (SSSR count). The Morgan fingerprint density at radius 3 is 2.55 bits per heavy atom. The van der Waals surface area contributed by atoms with Crippen LogP contribution in [0.5, 0.6) is 0 Å². The molecular weight excluding hydrogens is 362 g/mol. The number of aromatic nitrogens is 1. The number of thiophene rings is 1. The minimum absolute atomic E-state index is 0.0183. The summed E-state index contributed by atoms with van der Waals surface area (Å²) in [6.07, 6.45) is 0.466. The fourth-order valence-electron chi connectivity index (χ4n) is 2.42. The Morgan fingerprint density at radius 1 is 1.14 bits per heavy atom. The van der Waals surface area contributed by atoms with E-state index < -0.39 is 5.97 Å². The summed E-state index contributed by atoms with van der Waals surface area (Å²) in [6, 6.07) is 16.1. The zero-order valence-corrected chi connectivity index (χ0v) is 14.1. The zero-order valence-electron chi connectivity index (χ0n) is 11.7. The van der Waals surface area contributed by atoms with Gasteiger partial charge in [-0.15, -0.1) is 11.3 Å². The van der Waals surface area contributed by atoms with Gasteiger partial charge in [-0.2, -0.15) is 0 Å². The first kappa shape index (κ1) is 15.1. The molecule has 3 nitrogen and oxygen atoms in total. The van der Waals surface area contributed by atoms with Crippen LogP contribution in [0.1, 0.15) is 12.1 Å². The summed E-state index contributed by atoms with van der Waals surface area (Å²) in [7, 11) is 0. The largest absolute Gasteiger partial charge is 0.550 e. The Hall–Kier alpha value is -1.85. The molecule has 5 heteroatoms. The smallest absolute Gasteiger partial charge is 0.0631 e. The fourth-order valence-corrected chi connectivity index (χ4v) is 3.42. The average molecular weight is 375 g/mol. The molecule has 0 aliphatic carbocycles. The van der Waals surface area contributed by atoms with Gasteiger partial charge in [-0.25, -0.2) is 0 Å². The number of carbonyl (C=O) groups is 1. The second-order valence-electron chi connectivity index (χ2n) is 4.87. The van der Waals surface area contributed by atoms with Crippen LogP contribution in [0.3, 0.4) is 0 Å². The third kappa shape index (κ3) is 3.15. The van der Waals surface area contributed by atoms with Crippen molar-refractivity contribution in [1.82, 2.24) is 4.57 Å². The SMILES string of the molecule is O=C([O-])CCc1ccc(-c2cccs2)n1-c1ccc(Br)cc1. The van der Waals surface area contributed by atoms with Gasteiger partial charge in [0.05, 0.1) is 10.6 Å². The van der Waals surface area contributed by atoms with E-state index in [9.17, 15) is 9.90 Å². The van der Waals surface area contributed by atoms with Crippen molar-refractivity contribution in [3.05, 3.63) is 64.1 Å². The molecule has 22 heavy (non-hydrogen) atoms. The summed E-state index contributed by atoms with van der Waals surface area (Å²) >= 11 is 5.11. The Bertz CT molecular complexity index is 776. The number of aliphatic carboxylic acids is 1. The lowest BCUT2D eigenvalue weighted by molar-refractivity contribution is -0.305. The predicted octanol–water partition coefficient (Wildman–Crippen LogP) is 3.65. The lowest BCUT2D eigenvalue weighted by Crippen LogP contribution is -2.22. The first-order valence-corrected chi connectivity index (χ1v) is 8.53. The van der Waals surface area contributed by atoms with Crippen molar-refractivity contribution in [1.29, 1.82) is 0 Å². The van der Waals surface area contributed by atoms with Gasteiger partial charge in [0.1, 0.15) is 0 Å². The molecule has 0 aliphatic rings. The number of carboxylic acids is 1. The van der Waals surface area contributed by atoms with Crippen molar-refractivity contribution >= 4 is 33.2 Å². The van der Waals surface area contributed by atoms with Gasteiger partial charge in [0.25, 0.3) is 0 Å². The lowest BCUT2D eigenvalue weighted by Gasteiger charge is -2.13. The molecule has 0 N–H and O–H groups in total. The summed E-state index contributed by atoms with van der Waals surface area (Å²) in [5.74, 6) is -1.03. The number of hydrogen-bond acceptors (Lipinski definition) is 3. The molecule has 1 aromatic carbocycles. The number of hydrogen-bond donors (Lipinski definition) is 0. The minimum atomic E-state index is -1.03. The number of halogens is 1. The molecule has 0 aliphatic heterocycles. The van der Waals surface area contributed by atoms with Gasteiger partial charge in [-0.1, -0.05) is 22.0 Å². The number of nitrogens with zero attached hydrogens (tertiary/aromatic N) is 1. The molecule has 3 aromatic rings. The van der Waals surface area contributed by atoms with E-state index in [0.717, 1.165) is 26.4 Å². The second kappa shape index (κ2) is 6.50. The zero-order chi connectivity index (χ0) is 15.5. The first-order valence-electron chi connectivity index (χ1n) is 6.85. The van der Waals surface area contributed by atoms with Crippen LogP contribution in [0.4, 0.5) is 0 Å². The van der Waals surface area contributed by atoms with Gasteiger partial charge in [0.15, 0.2) is 0 Å². The maximum absolute atomic E-state index is 10.8. The highest BCUT2D eigenvalue weighted by atomic mass is 79.9. The highest BCUT2D eigenvalue weighted by Crippen LogP contribution is 2.31. The molecule has 0 spiro atoms. The summed E-state index contributed by atoms with van der Waals surface area (Å²) < 4.78 is 3.12. The van der Waals surface area contributed by atoms with E-state index in [2.05, 4.69) is 26.6 Å². The van der Waals surface area contributed by atoms with E-state index in [0.29, 0.717) is 6.42 Å². The van der Waals surface area contributed by atoms with Crippen molar-refractivity contribution < 1.29 is 9.90 Å². The van der Waals surface area contributed by atoms with Crippen molar-refractivity contribution in [2.45, 2.75) is 12.8 Å². The van der Waals surface area contributed by atoms with Gasteiger partial charge < -0.3 is 14.5 Å². The van der Waals surface area contributed by atoms with E-state index in [1.165, 1.54) is 0 Å². The summed E-state index contributed by atoms with van der Waals surface area (Å²) in [4.78, 5) is 11.9. The predicted molar refractivity (Wildman–Crippen MR) is 90.1 cm³/mol. The van der Waals surface area contributed by atoms with E-state index in [1.807, 2.05) is 47.8 Å². The molecule has 0 unspecified atom stereocenters. The highest BCUT2D eigenvalue weighted by molar-refractivity contribution is 9.10. The summed E-state index contributed by atoms with van der Waals surface area (Å²) in [6.45, 7) is 0. The Labute approximate surface area is 141 Å². The van der Waals surface area contributed by atoms with Crippen LogP contribution >= 0.6 is 27.3 Å². The van der Waals surface area contributed by atoms with E-state index in [1.54, 1.807) is 11.3 Å². The number of benzene rings is 1. The van der Waals surface area contributed by atoms with Crippen LogP contribution in [0, 0.1) is 0 Å². The third-order valence-electron chi connectivity index (χ3n) is 3.41. The van der Waals surface area contributed by atoms with E-state index in [4.69, 9.17) is 0 Å². The molecule has 0 bridgehead atoms. The van der Waals surface area contributed by atoms with Gasteiger partial charge >= 0.3 is 0 Å². The topological polar surface area (TPSA) is 45.1 Å². The Kier molecular flexibility index (Phi) is 4.45. The first-order chi connectivity index (χ1) is 10.6. The lowest BCUT2D eigenvalue weighted by atomic mass is 10.2. The van der Waals surface area contributed by atoms with Crippen molar-refractivity contribution in [3.63, 3.8) is 0 Å². The Balaban J connectivity index is 2.08. The number of aryl methyl sites for hydroxylation is 1. The fraction of sp³-hybridized carbons (Fsp3) is 0.118. The molecule has 0 saturated carbocycles. The highest BCUT2D eigenvalue weighted by Gasteiger charge is 2.12. The summed E-state index contributed by atoms with van der Waals surface area (Å²) in [5.41, 5.74) is 3.06. The monoisotopic (exact) mass is 374 g/mol.